The van der Waals surface area contributed by atoms with Crippen LogP contribution >= 0.6 is 27.5 Å². The molecule has 17 heavy (non-hydrogen) atoms. The molecule has 0 aromatic heterocycles. The van der Waals surface area contributed by atoms with Crippen LogP contribution in [0.4, 0.5) is 0 Å². The van der Waals surface area contributed by atoms with Crippen molar-refractivity contribution < 1.29 is 4.79 Å². The minimum Gasteiger partial charge on any atom is -0.348 e. The Morgan fingerprint density at radius 1 is 1.59 bits per heavy atom. The Balaban J connectivity index is 2.11. The topological polar surface area (TPSA) is 55.1 Å². The number of benzene rings is 1. The first-order chi connectivity index (χ1) is 8.13. The van der Waals surface area contributed by atoms with Gasteiger partial charge in [-0.25, -0.2) is 0 Å². The summed E-state index contributed by atoms with van der Waals surface area (Å²) >= 11 is 9.37. The molecule has 1 aliphatic carbocycles. The summed E-state index contributed by atoms with van der Waals surface area (Å²) in [7, 11) is 0. The summed E-state index contributed by atoms with van der Waals surface area (Å²) in [5, 5.41) is 3.39. The van der Waals surface area contributed by atoms with Gasteiger partial charge in [-0.2, -0.15) is 0 Å². The average Bonchev–Trinajstić information content (AvgIpc) is 3.13. The zero-order chi connectivity index (χ0) is 12.4. The van der Waals surface area contributed by atoms with E-state index in [2.05, 4.69) is 21.2 Å². The van der Waals surface area contributed by atoms with Gasteiger partial charge in [0.15, 0.2) is 0 Å². The lowest BCUT2D eigenvalue weighted by Gasteiger charge is -2.16. The second-order valence-corrected chi connectivity index (χ2v) is 5.49. The fourth-order valence-corrected chi connectivity index (χ4v) is 2.37. The molecule has 1 atom stereocenters. The Morgan fingerprint density at radius 3 is 2.88 bits per heavy atom. The molecule has 0 aliphatic heterocycles. The molecule has 1 saturated carbocycles. The number of amides is 1. The van der Waals surface area contributed by atoms with E-state index in [0.717, 1.165) is 17.3 Å². The van der Waals surface area contributed by atoms with Gasteiger partial charge in [0.2, 0.25) is 0 Å². The van der Waals surface area contributed by atoms with E-state index in [-0.39, 0.29) is 11.9 Å². The highest BCUT2D eigenvalue weighted by Gasteiger charge is 2.31. The lowest BCUT2D eigenvalue weighted by Crippen LogP contribution is -2.41. The maximum atomic E-state index is 12.0. The zero-order valence-corrected chi connectivity index (χ0v) is 11.6. The monoisotopic (exact) mass is 316 g/mol. The average molecular weight is 318 g/mol. The van der Waals surface area contributed by atoms with E-state index in [0.29, 0.717) is 23.0 Å². The first-order valence-corrected chi connectivity index (χ1v) is 6.75. The first kappa shape index (κ1) is 12.9. The smallest absolute Gasteiger partial charge is 0.253 e. The molecular weight excluding hydrogens is 304 g/mol. The first-order valence-electron chi connectivity index (χ1n) is 5.58. The summed E-state index contributed by atoms with van der Waals surface area (Å²) in [6.07, 6.45) is 2.29. The number of rotatable bonds is 4. The number of hydrogen-bond acceptors (Lipinski definition) is 2. The largest absolute Gasteiger partial charge is 0.348 e. The summed E-state index contributed by atoms with van der Waals surface area (Å²) in [5.74, 6) is 0.383. The molecule has 3 N–H and O–H groups in total. The number of hydrogen-bond donors (Lipinski definition) is 2. The van der Waals surface area contributed by atoms with Crippen molar-refractivity contribution in [2.75, 3.05) is 6.54 Å². The standard InChI is InChI=1S/C12H14BrClN2O/c13-9-3-1-2-8(11(9)14)12(17)16-10(6-15)7-4-5-7/h1-3,7,10H,4-6,15H2,(H,16,17). The van der Waals surface area contributed by atoms with E-state index in [1.165, 1.54) is 0 Å². The summed E-state index contributed by atoms with van der Waals surface area (Å²) in [4.78, 5) is 12.0. The van der Waals surface area contributed by atoms with Crippen LogP contribution in [0, 0.1) is 5.92 Å². The van der Waals surface area contributed by atoms with Gasteiger partial charge in [0.05, 0.1) is 10.6 Å². The lowest BCUT2D eigenvalue weighted by atomic mass is 10.1. The van der Waals surface area contributed by atoms with Crippen molar-refractivity contribution in [2.45, 2.75) is 18.9 Å². The van der Waals surface area contributed by atoms with Gasteiger partial charge in [0.25, 0.3) is 5.91 Å². The van der Waals surface area contributed by atoms with Crippen molar-refractivity contribution in [1.82, 2.24) is 5.32 Å². The van der Waals surface area contributed by atoms with E-state index in [9.17, 15) is 4.79 Å². The maximum absolute atomic E-state index is 12.0. The molecule has 0 heterocycles. The van der Waals surface area contributed by atoms with Gasteiger partial charge in [-0.05, 0) is 46.8 Å². The second-order valence-electron chi connectivity index (χ2n) is 4.25. The Bertz CT molecular complexity index is 435. The summed E-state index contributed by atoms with van der Waals surface area (Å²) in [6.45, 7) is 0.474. The molecule has 1 aliphatic rings. The van der Waals surface area contributed by atoms with Gasteiger partial charge in [-0.3, -0.25) is 4.79 Å². The Morgan fingerprint density at radius 2 is 2.29 bits per heavy atom. The van der Waals surface area contributed by atoms with Crippen LogP contribution in [0.25, 0.3) is 0 Å². The summed E-state index contributed by atoms with van der Waals surface area (Å²) in [6, 6.07) is 5.38. The summed E-state index contributed by atoms with van der Waals surface area (Å²) < 4.78 is 0.725. The fourth-order valence-electron chi connectivity index (χ4n) is 1.79. The van der Waals surface area contributed by atoms with E-state index in [4.69, 9.17) is 17.3 Å². The van der Waals surface area contributed by atoms with Crippen LogP contribution in [-0.4, -0.2) is 18.5 Å². The third-order valence-corrected chi connectivity index (χ3v) is 4.25. The van der Waals surface area contributed by atoms with E-state index in [1.807, 2.05) is 0 Å². The predicted molar refractivity (Wildman–Crippen MR) is 72.2 cm³/mol. The molecular formula is C12H14BrClN2O. The minimum atomic E-state index is -0.154. The highest BCUT2D eigenvalue weighted by molar-refractivity contribution is 9.10. The van der Waals surface area contributed by atoms with Crippen LogP contribution in [0.2, 0.25) is 5.02 Å². The second kappa shape index (κ2) is 5.38. The van der Waals surface area contributed by atoms with Crippen LogP contribution < -0.4 is 11.1 Å². The van der Waals surface area contributed by atoms with Crippen LogP contribution in [0.5, 0.6) is 0 Å². The number of carbonyl (C=O) groups excluding carboxylic acids is 1. The van der Waals surface area contributed by atoms with Crippen LogP contribution in [0.3, 0.4) is 0 Å². The van der Waals surface area contributed by atoms with Gasteiger partial charge in [-0.1, -0.05) is 17.7 Å². The maximum Gasteiger partial charge on any atom is 0.253 e. The Labute approximate surface area is 114 Å². The molecule has 92 valence electrons. The molecule has 1 unspecified atom stereocenters. The number of nitrogens with one attached hydrogen (secondary N) is 1. The van der Waals surface area contributed by atoms with E-state index < -0.39 is 0 Å². The number of halogens is 2. The van der Waals surface area contributed by atoms with Gasteiger partial charge in [-0.15, -0.1) is 0 Å². The molecule has 0 spiro atoms. The highest BCUT2D eigenvalue weighted by atomic mass is 79.9. The fraction of sp³-hybridized carbons (Fsp3) is 0.417. The van der Waals surface area contributed by atoms with Crippen LogP contribution in [0.1, 0.15) is 23.2 Å². The molecule has 1 aromatic rings. The summed E-state index contributed by atoms with van der Waals surface area (Å²) in [5.41, 5.74) is 6.14. The zero-order valence-electron chi connectivity index (χ0n) is 9.25. The van der Waals surface area contributed by atoms with E-state index in [1.54, 1.807) is 18.2 Å². The quantitative estimate of drug-likeness (QED) is 0.897. The van der Waals surface area contributed by atoms with Crippen molar-refractivity contribution in [3.8, 4) is 0 Å². The van der Waals surface area contributed by atoms with Gasteiger partial charge in [0.1, 0.15) is 0 Å². The van der Waals surface area contributed by atoms with Crippen molar-refractivity contribution in [3.63, 3.8) is 0 Å². The number of carbonyl (C=O) groups is 1. The van der Waals surface area contributed by atoms with Crippen LogP contribution in [0.15, 0.2) is 22.7 Å². The van der Waals surface area contributed by atoms with Gasteiger partial charge in [0, 0.05) is 17.1 Å². The molecule has 1 fully saturated rings. The highest BCUT2D eigenvalue weighted by Crippen LogP contribution is 2.32. The van der Waals surface area contributed by atoms with Crippen molar-refractivity contribution in [3.05, 3.63) is 33.3 Å². The molecule has 3 nitrogen and oxygen atoms in total. The molecule has 0 bridgehead atoms. The Kier molecular flexibility index (Phi) is 4.07. The minimum absolute atomic E-state index is 0.0672. The Hall–Kier alpha value is -0.580. The molecule has 2 rings (SSSR count). The molecule has 0 saturated heterocycles. The van der Waals surface area contributed by atoms with Gasteiger partial charge >= 0.3 is 0 Å². The third kappa shape index (κ3) is 3.00. The molecule has 5 heteroatoms. The number of nitrogens with two attached hydrogens (primary N) is 1. The van der Waals surface area contributed by atoms with Crippen molar-refractivity contribution in [1.29, 1.82) is 0 Å². The van der Waals surface area contributed by atoms with E-state index >= 15 is 0 Å². The van der Waals surface area contributed by atoms with Crippen molar-refractivity contribution >= 4 is 33.4 Å². The van der Waals surface area contributed by atoms with Gasteiger partial charge < -0.3 is 11.1 Å². The van der Waals surface area contributed by atoms with Crippen molar-refractivity contribution in [2.24, 2.45) is 11.7 Å². The molecule has 0 radical (unpaired) electrons. The third-order valence-electron chi connectivity index (χ3n) is 2.96. The normalized spacial score (nSPS) is 16.6. The van der Waals surface area contributed by atoms with Crippen LogP contribution in [-0.2, 0) is 0 Å². The SMILES string of the molecule is NCC(NC(=O)c1cccc(Br)c1Cl)C1CC1. The predicted octanol–water partition coefficient (Wildman–Crippen LogP) is 2.57. The lowest BCUT2D eigenvalue weighted by molar-refractivity contribution is 0.0933. The molecule has 1 aromatic carbocycles. The molecule has 1 amide bonds.